The Morgan fingerprint density at radius 2 is 0.935 bits per heavy atom. The van der Waals surface area contributed by atoms with Crippen molar-refractivity contribution in [3.63, 3.8) is 0 Å². The lowest BCUT2D eigenvalue weighted by Crippen LogP contribution is -1.95. The Morgan fingerprint density at radius 3 is 1.78 bits per heavy atom. The first-order valence-corrected chi connectivity index (χ1v) is 15.9. The minimum atomic E-state index is 1.18. The van der Waals surface area contributed by atoms with Gasteiger partial charge in [0.25, 0.3) is 0 Å². The fourth-order valence-electron chi connectivity index (χ4n) is 7.65. The van der Waals surface area contributed by atoms with Gasteiger partial charge < -0.3 is 9.13 Å². The van der Waals surface area contributed by atoms with Crippen LogP contribution in [-0.4, -0.2) is 9.13 Å². The maximum absolute atomic E-state index is 2.44. The van der Waals surface area contributed by atoms with Gasteiger partial charge in [0.05, 0.1) is 27.8 Å². The van der Waals surface area contributed by atoms with Gasteiger partial charge in [0.15, 0.2) is 0 Å². The highest BCUT2D eigenvalue weighted by Gasteiger charge is 2.17. The van der Waals surface area contributed by atoms with Crippen LogP contribution in [-0.2, 0) is 0 Å². The van der Waals surface area contributed by atoms with Gasteiger partial charge in [0.1, 0.15) is 0 Å². The summed E-state index contributed by atoms with van der Waals surface area (Å²) in [6.45, 7) is 0. The van der Waals surface area contributed by atoms with E-state index >= 15 is 0 Å². The summed E-state index contributed by atoms with van der Waals surface area (Å²) in [5.74, 6) is 0. The molecule has 0 radical (unpaired) electrons. The standard InChI is InChI=1S/C44H28N2/c1-2-13-33(14-3-1)45-40-18-8-6-16-36(40)37-25-22-31(28-43(37)45)30-21-24-35-32(27-30)23-26-42-44(35)38-17-7-9-19-41(38)46(42)39-20-10-12-29-11-4-5-15-34(29)39/h1-28H. The van der Waals surface area contributed by atoms with Gasteiger partial charge in [0.2, 0.25) is 0 Å². The highest BCUT2D eigenvalue weighted by molar-refractivity contribution is 6.22. The zero-order valence-corrected chi connectivity index (χ0v) is 25.1. The number of para-hydroxylation sites is 3. The molecule has 0 fully saturated rings. The van der Waals surface area contributed by atoms with E-state index in [-0.39, 0.29) is 0 Å². The lowest BCUT2D eigenvalue weighted by Gasteiger charge is -2.12. The van der Waals surface area contributed by atoms with Crippen molar-refractivity contribution < 1.29 is 0 Å². The molecule has 0 saturated carbocycles. The molecule has 0 unspecified atom stereocenters. The van der Waals surface area contributed by atoms with Gasteiger partial charge in [-0.05, 0) is 75.8 Å². The predicted octanol–water partition coefficient (Wildman–Crippen LogP) is 11.9. The van der Waals surface area contributed by atoms with Gasteiger partial charge in [-0.1, -0.05) is 121 Å². The maximum atomic E-state index is 2.44. The molecule has 0 aliphatic rings. The Kier molecular flexibility index (Phi) is 5.31. The first-order chi connectivity index (χ1) is 22.8. The molecule has 0 aliphatic carbocycles. The van der Waals surface area contributed by atoms with E-state index in [1.54, 1.807) is 0 Å². The predicted molar refractivity (Wildman–Crippen MR) is 196 cm³/mol. The average Bonchev–Trinajstić information content (AvgIpc) is 3.64. The topological polar surface area (TPSA) is 9.86 Å². The van der Waals surface area contributed by atoms with Crippen LogP contribution in [0.4, 0.5) is 0 Å². The lowest BCUT2D eigenvalue weighted by molar-refractivity contribution is 1.18. The highest BCUT2D eigenvalue weighted by atomic mass is 15.0. The number of fused-ring (bicyclic) bond motifs is 9. The molecule has 0 saturated heterocycles. The van der Waals surface area contributed by atoms with Crippen molar-refractivity contribution in [2.45, 2.75) is 0 Å². The monoisotopic (exact) mass is 584 g/mol. The van der Waals surface area contributed by atoms with Crippen molar-refractivity contribution in [1.82, 2.24) is 9.13 Å². The molecule has 214 valence electrons. The van der Waals surface area contributed by atoms with E-state index in [4.69, 9.17) is 0 Å². The molecule has 2 heterocycles. The third kappa shape index (κ3) is 3.59. The molecule has 2 heteroatoms. The first kappa shape index (κ1) is 25.2. The van der Waals surface area contributed by atoms with Gasteiger partial charge in [-0.25, -0.2) is 0 Å². The summed E-state index contributed by atoms with van der Waals surface area (Å²) >= 11 is 0. The summed E-state index contributed by atoms with van der Waals surface area (Å²) in [5.41, 5.74) is 9.72. The highest BCUT2D eigenvalue weighted by Crippen LogP contribution is 2.40. The second kappa shape index (κ2) is 9.69. The van der Waals surface area contributed by atoms with Crippen molar-refractivity contribution in [3.8, 4) is 22.5 Å². The zero-order chi connectivity index (χ0) is 30.2. The Morgan fingerprint density at radius 1 is 0.304 bits per heavy atom. The molecular weight excluding hydrogens is 556 g/mol. The minimum absolute atomic E-state index is 1.18. The van der Waals surface area contributed by atoms with Gasteiger partial charge in [-0.2, -0.15) is 0 Å². The molecule has 0 amide bonds. The molecule has 0 bridgehead atoms. The quantitative estimate of drug-likeness (QED) is 0.195. The molecule has 0 spiro atoms. The molecule has 2 nitrogen and oxygen atoms in total. The maximum Gasteiger partial charge on any atom is 0.0547 e. The van der Waals surface area contributed by atoms with Crippen molar-refractivity contribution in [1.29, 1.82) is 0 Å². The third-order valence-corrected chi connectivity index (χ3v) is 9.68. The molecular formula is C44H28N2. The van der Waals surface area contributed by atoms with Crippen LogP contribution in [0.15, 0.2) is 170 Å². The van der Waals surface area contributed by atoms with Crippen LogP contribution in [0, 0.1) is 0 Å². The fraction of sp³-hybridized carbons (Fsp3) is 0. The van der Waals surface area contributed by atoms with Crippen molar-refractivity contribution in [2.24, 2.45) is 0 Å². The number of rotatable bonds is 3. The Labute approximate surface area is 266 Å². The Balaban J connectivity index is 1.20. The number of benzene rings is 8. The minimum Gasteiger partial charge on any atom is -0.309 e. The van der Waals surface area contributed by atoms with Crippen LogP contribution in [0.1, 0.15) is 0 Å². The Bertz CT molecular complexity index is 2790. The lowest BCUT2D eigenvalue weighted by atomic mass is 9.97. The van der Waals surface area contributed by atoms with Crippen LogP contribution in [0.3, 0.4) is 0 Å². The van der Waals surface area contributed by atoms with Crippen molar-refractivity contribution >= 4 is 65.2 Å². The summed E-state index contributed by atoms with van der Waals surface area (Å²) in [5, 5.41) is 10.1. The molecule has 0 atom stereocenters. The summed E-state index contributed by atoms with van der Waals surface area (Å²) in [7, 11) is 0. The summed E-state index contributed by atoms with van der Waals surface area (Å²) in [6, 6.07) is 62.0. The van der Waals surface area contributed by atoms with Gasteiger partial charge >= 0.3 is 0 Å². The van der Waals surface area contributed by atoms with Crippen LogP contribution in [0.5, 0.6) is 0 Å². The molecule has 2 aromatic heterocycles. The molecule has 8 aromatic carbocycles. The van der Waals surface area contributed by atoms with E-state index in [2.05, 4.69) is 179 Å². The summed E-state index contributed by atoms with van der Waals surface area (Å²) in [6.07, 6.45) is 0. The first-order valence-electron chi connectivity index (χ1n) is 15.9. The second-order valence-electron chi connectivity index (χ2n) is 12.2. The van der Waals surface area contributed by atoms with E-state index < -0.39 is 0 Å². The fourth-order valence-corrected chi connectivity index (χ4v) is 7.65. The van der Waals surface area contributed by atoms with Crippen LogP contribution < -0.4 is 0 Å². The van der Waals surface area contributed by atoms with Crippen molar-refractivity contribution in [2.75, 3.05) is 0 Å². The van der Waals surface area contributed by atoms with Crippen LogP contribution in [0.25, 0.3) is 87.7 Å². The van der Waals surface area contributed by atoms with Crippen LogP contribution in [0.2, 0.25) is 0 Å². The van der Waals surface area contributed by atoms with E-state index in [0.29, 0.717) is 0 Å². The van der Waals surface area contributed by atoms with Crippen LogP contribution >= 0.6 is 0 Å². The smallest absolute Gasteiger partial charge is 0.0547 e. The molecule has 10 aromatic rings. The molecule has 0 N–H and O–H groups in total. The number of nitrogens with zero attached hydrogens (tertiary/aromatic N) is 2. The van der Waals surface area contributed by atoms with E-state index in [1.807, 2.05) is 0 Å². The SMILES string of the molecule is c1ccc(-n2c3ccccc3c3ccc(-c4ccc5c(ccc6c5c5ccccc5n6-c5cccc6ccccc56)c4)cc32)cc1. The summed E-state index contributed by atoms with van der Waals surface area (Å²) in [4.78, 5) is 0. The zero-order valence-electron chi connectivity index (χ0n) is 25.1. The normalized spacial score (nSPS) is 11.9. The molecule has 10 rings (SSSR count). The molecule has 0 aliphatic heterocycles. The van der Waals surface area contributed by atoms with Gasteiger partial charge in [-0.15, -0.1) is 0 Å². The summed E-state index contributed by atoms with van der Waals surface area (Å²) < 4.78 is 4.83. The average molecular weight is 585 g/mol. The van der Waals surface area contributed by atoms with E-state index in [1.165, 1.54) is 87.7 Å². The number of hydrogen-bond acceptors (Lipinski definition) is 0. The molecule has 46 heavy (non-hydrogen) atoms. The second-order valence-corrected chi connectivity index (χ2v) is 12.2. The van der Waals surface area contributed by atoms with E-state index in [9.17, 15) is 0 Å². The Hall–Kier alpha value is -6.12. The van der Waals surface area contributed by atoms with Gasteiger partial charge in [0, 0.05) is 32.6 Å². The number of hydrogen-bond donors (Lipinski definition) is 0. The van der Waals surface area contributed by atoms with E-state index in [0.717, 1.165) is 0 Å². The largest absolute Gasteiger partial charge is 0.309 e. The van der Waals surface area contributed by atoms with Gasteiger partial charge in [-0.3, -0.25) is 0 Å². The third-order valence-electron chi connectivity index (χ3n) is 9.68. The number of aromatic nitrogens is 2. The van der Waals surface area contributed by atoms with Crippen molar-refractivity contribution in [3.05, 3.63) is 170 Å².